The van der Waals surface area contributed by atoms with Crippen LogP contribution in [-0.2, 0) is 24.5 Å². The van der Waals surface area contributed by atoms with Crippen LogP contribution in [0.4, 0.5) is 0 Å². The zero-order valence-electron chi connectivity index (χ0n) is 25.6. The van der Waals surface area contributed by atoms with E-state index in [0.29, 0.717) is 19.0 Å². The number of amides is 2. The lowest BCUT2D eigenvalue weighted by atomic mass is 9.34. The molecule has 3 aromatic rings. The molecular weight excluding hydrogens is 580 g/mol. The third-order valence-electron chi connectivity index (χ3n) is 10.1. The van der Waals surface area contributed by atoms with Crippen LogP contribution in [0.25, 0.3) is 10.4 Å². The molecule has 11 heteroatoms. The number of β-amino-alcohol motifs (C(OH)–C–C–N with tert-alkyl or cyclic N) is 1. The molecule has 2 saturated heterocycles. The molecular formula is C33H40N4O6S. The maximum Gasteiger partial charge on any atom is 0.243 e. The molecule has 2 aromatic heterocycles. The number of benzene rings is 1. The Hall–Kier alpha value is -3.12. The highest BCUT2D eigenvalue weighted by atomic mass is 32.1. The van der Waals surface area contributed by atoms with Gasteiger partial charge < -0.3 is 29.3 Å². The van der Waals surface area contributed by atoms with Gasteiger partial charge in [-0.2, -0.15) is 0 Å². The molecule has 44 heavy (non-hydrogen) atoms. The van der Waals surface area contributed by atoms with Gasteiger partial charge >= 0.3 is 0 Å². The largest absolute Gasteiger partial charge is 0.391 e. The molecule has 8 rings (SSSR count). The van der Waals surface area contributed by atoms with E-state index in [4.69, 9.17) is 14.0 Å². The summed E-state index contributed by atoms with van der Waals surface area (Å²) in [6, 6.07) is 8.97. The van der Waals surface area contributed by atoms with Crippen LogP contribution in [0, 0.1) is 18.3 Å². The van der Waals surface area contributed by atoms with Crippen molar-refractivity contribution in [3.05, 3.63) is 58.6 Å². The number of nitrogens with zero attached hydrogens (tertiary/aromatic N) is 3. The summed E-state index contributed by atoms with van der Waals surface area (Å²) in [5.74, 6) is -0.694. The molecule has 1 aromatic carbocycles. The Morgan fingerprint density at radius 3 is 2.45 bits per heavy atom. The van der Waals surface area contributed by atoms with E-state index >= 15 is 0 Å². The molecule has 2 aliphatic heterocycles. The molecule has 4 heterocycles. The molecule has 234 valence electrons. The van der Waals surface area contributed by atoms with E-state index in [0.717, 1.165) is 46.7 Å². The zero-order valence-corrected chi connectivity index (χ0v) is 26.4. The lowest BCUT2D eigenvalue weighted by Gasteiger charge is -2.70. The molecule has 5 aliphatic rings. The third kappa shape index (κ3) is 4.88. The fourth-order valence-corrected chi connectivity index (χ4v) is 8.71. The number of likely N-dealkylation sites (tertiary alicyclic amines) is 1. The first-order valence-corrected chi connectivity index (χ1v) is 16.5. The van der Waals surface area contributed by atoms with Crippen molar-refractivity contribution < 1.29 is 28.7 Å². The topological polar surface area (TPSA) is 127 Å². The Bertz CT molecular complexity index is 1520. The predicted molar refractivity (Wildman–Crippen MR) is 163 cm³/mol. The molecule has 5 fully saturated rings. The summed E-state index contributed by atoms with van der Waals surface area (Å²) >= 11 is 1.60. The van der Waals surface area contributed by atoms with Gasteiger partial charge in [0.1, 0.15) is 17.7 Å². The number of ether oxygens (including phenoxy) is 2. The summed E-state index contributed by atoms with van der Waals surface area (Å²) in [6.07, 6.45) is 2.13. The summed E-state index contributed by atoms with van der Waals surface area (Å²) in [7, 11) is 0. The minimum absolute atomic E-state index is 0.0400. The molecule has 0 spiro atoms. The number of carbonyl (C=O) groups excluding carboxylic acids is 2. The number of hydrogen-bond donors (Lipinski definition) is 2. The number of aryl methyl sites for hydroxylation is 1. The van der Waals surface area contributed by atoms with E-state index in [-0.39, 0.29) is 53.9 Å². The minimum Gasteiger partial charge on any atom is -0.391 e. The van der Waals surface area contributed by atoms with E-state index in [9.17, 15) is 14.7 Å². The van der Waals surface area contributed by atoms with Gasteiger partial charge in [0, 0.05) is 29.9 Å². The quantitative estimate of drug-likeness (QED) is 0.359. The molecule has 3 saturated carbocycles. The van der Waals surface area contributed by atoms with Gasteiger partial charge in [-0.25, -0.2) is 4.98 Å². The van der Waals surface area contributed by atoms with Gasteiger partial charge in [0.05, 0.1) is 47.1 Å². The fourth-order valence-electron chi connectivity index (χ4n) is 7.90. The maximum absolute atomic E-state index is 14.1. The van der Waals surface area contributed by atoms with Crippen molar-refractivity contribution >= 4 is 23.2 Å². The first-order valence-electron chi connectivity index (χ1n) is 15.6. The number of hydrogen-bond acceptors (Lipinski definition) is 9. The van der Waals surface area contributed by atoms with Crippen LogP contribution in [0.3, 0.4) is 0 Å². The van der Waals surface area contributed by atoms with Crippen LogP contribution in [0.2, 0.25) is 0 Å². The Kier molecular flexibility index (Phi) is 7.43. The standard InChI is InChI=1S/C33H40N4O6S/c1-18(2)27(25-12-26(36-43-25)32-14-33(15-32,16-32)31-41-9-10-42-31)30(40)37-13-23(38)11-24(37)29(39)35-19(3)21-5-7-22(8-6-21)28-20(4)34-17-44-28/h5-8,12,17-19,23-24,27,31,38H,9-11,13-16H2,1-4H3,(H,35,39)/t19-,23+,24-,27-,32?,33?/m0/s1. The van der Waals surface area contributed by atoms with Gasteiger partial charge in [0.25, 0.3) is 0 Å². The van der Waals surface area contributed by atoms with Crippen LogP contribution in [0.5, 0.6) is 0 Å². The number of aliphatic hydroxyl groups excluding tert-OH is 1. The van der Waals surface area contributed by atoms with E-state index in [2.05, 4.69) is 15.5 Å². The van der Waals surface area contributed by atoms with Gasteiger partial charge in [-0.1, -0.05) is 43.3 Å². The molecule has 10 nitrogen and oxygen atoms in total. The van der Waals surface area contributed by atoms with Gasteiger partial charge in [-0.3, -0.25) is 9.59 Å². The second-order valence-electron chi connectivity index (χ2n) is 13.6. The van der Waals surface area contributed by atoms with Crippen LogP contribution in [-0.4, -0.2) is 70.2 Å². The Morgan fingerprint density at radius 2 is 1.82 bits per heavy atom. The number of thiazole rings is 1. The monoisotopic (exact) mass is 620 g/mol. The smallest absolute Gasteiger partial charge is 0.243 e. The van der Waals surface area contributed by atoms with E-state index in [1.165, 1.54) is 4.90 Å². The van der Waals surface area contributed by atoms with E-state index in [1.807, 2.05) is 63.5 Å². The highest BCUT2D eigenvalue weighted by Gasteiger charge is 2.73. The molecule has 0 unspecified atom stereocenters. The summed E-state index contributed by atoms with van der Waals surface area (Å²) < 4.78 is 17.4. The van der Waals surface area contributed by atoms with Crippen LogP contribution < -0.4 is 5.32 Å². The normalized spacial score (nSPS) is 29.4. The lowest BCUT2D eigenvalue weighted by molar-refractivity contribution is -0.273. The van der Waals surface area contributed by atoms with Crippen LogP contribution >= 0.6 is 11.3 Å². The number of nitrogens with one attached hydrogen (secondary N) is 1. The van der Waals surface area contributed by atoms with Crippen molar-refractivity contribution in [2.24, 2.45) is 11.3 Å². The van der Waals surface area contributed by atoms with E-state index < -0.39 is 18.1 Å². The van der Waals surface area contributed by atoms with Crippen molar-refractivity contribution in [1.82, 2.24) is 20.4 Å². The predicted octanol–water partition coefficient (Wildman–Crippen LogP) is 4.48. The minimum atomic E-state index is -0.776. The average molecular weight is 621 g/mol. The summed E-state index contributed by atoms with van der Waals surface area (Å²) in [4.78, 5) is 34.6. The number of aromatic nitrogens is 2. The van der Waals surface area contributed by atoms with Crippen molar-refractivity contribution in [2.45, 2.75) is 89.2 Å². The number of aliphatic hydroxyl groups is 1. The summed E-state index contributed by atoms with van der Waals surface area (Å²) in [5, 5.41) is 18.1. The van der Waals surface area contributed by atoms with Gasteiger partial charge in [0.15, 0.2) is 6.29 Å². The Labute approximate surface area is 261 Å². The second-order valence-corrected chi connectivity index (χ2v) is 14.5. The van der Waals surface area contributed by atoms with Gasteiger partial charge in [-0.05, 0) is 50.2 Å². The molecule has 2 bridgehead atoms. The van der Waals surface area contributed by atoms with E-state index in [1.54, 1.807) is 11.3 Å². The second kappa shape index (κ2) is 11.0. The third-order valence-corrected chi connectivity index (χ3v) is 11.1. The highest BCUT2D eigenvalue weighted by molar-refractivity contribution is 7.13. The lowest BCUT2D eigenvalue weighted by Crippen LogP contribution is -2.69. The molecule has 2 N–H and O–H groups in total. The first-order chi connectivity index (χ1) is 21.1. The van der Waals surface area contributed by atoms with Gasteiger partial charge in [0.2, 0.25) is 11.8 Å². The summed E-state index contributed by atoms with van der Waals surface area (Å²) in [5.41, 5.74) is 5.79. The number of rotatable bonds is 9. The van der Waals surface area contributed by atoms with Crippen LogP contribution in [0.15, 0.2) is 40.4 Å². The van der Waals surface area contributed by atoms with Crippen LogP contribution in [0.1, 0.15) is 81.1 Å². The summed E-state index contributed by atoms with van der Waals surface area (Å²) in [6.45, 7) is 9.25. The van der Waals surface area contributed by atoms with Gasteiger partial charge in [-0.15, -0.1) is 11.3 Å². The van der Waals surface area contributed by atoms with Crippen molar-refractivity contribution in [3.63, 3.8) is 0 Å². The molecule has 3 aliphatic carbocycles. The highest BCUT2D eigenvalue weighted by Crippen LogP contribution is 2.75. The number of carbonyl (C=O) groups is 2. The zero-order chi connectivity index (χ0) is 30.8. The Morgan fingerprint density at radius 1 is 1.11 bits per heavy atom. The maximum atomic E-state index is 14.1. The average Bonchev–Trinajstić information content (AvgIpc) is 3.76. The molecule has 2 amide bonds. The Balaban J connectivity index is 1.03. The first kappa shape index (κ1) is 29.6. The molecule has 4 atom stereocenters. The van der Waals surface area contributed by atoms with Crippen molar-refractivity contribution in [2.75, 3.05) is 19.8 Å². The van der Waals surface area contributed by atoms with Crippen molar-refractivity contribution in [3.8, 4) is 10.4 Å². The van der Waals surface area contributed by atoms with Crippen molar-refractivity contribution in [1.29, 1.82) is 0 Å². The fraction of sp³-hybridized carbons (Fsp3) is 0.576. The SMILES string of the molecule is Cc1ncsc1-c1ccc([C@H](C)NC(=O)[C@@H]2C[C@@H](O)CN2C(=O)[C@H](c2cc(C34CC(C5OCCO5)(C3)C4)no2)C(C)C)cc1. The molecule has 0 radical (unpaired) electrons.